The average molecular weight is 283 g/mol. The van der Waals surface area contributed by atoms with Crippen molar-refractivity contribution in [2.75, 3.05) is 5.73 Å². The predicted octanol–water partition coefficient (Wildman–Crippen LogP) is 1.85. The number of nitrogens with two attached hydrogens (primary N) is 2. The first kappa shape index (κ1) is 15.1. The molecule has 0 saturated carbocycles. The molecular weight excluding hydrogens is 262 g/mol. The lowest BCUT2D eigenvalue weighted by molar-refractivity contribution is -0.122. The molecule has 0 radical (unpaired) electrons. The second-order valence-electron chi connectivity index (χ2n) is 5.09. The van der Waals surface area contributed by atoms with E-state index in [0.29, 0.717) is 18.7 Å². The average Bonchev–Trinajstić information content (AvgIpc) is 2.52. The summed E-state index contributed by atoms with van der Waals surface area (Å²) in [6.45, 7) is 0.470. The minimum absolute atomic E-state index is 0.122. The molecule has 110 valence electrons. The van der Waals surface area contributed by atoms with Crippen molar-refractivity contribution in [2.45, 2.75) is 25.4 Å². The van der Waals surface area contributed by atoms with Crippen LogP contribution in [-0.2, 0) is 17.8 Å². The van der Waals surface area contributed by atoms with Crippen LogP contribution in [0.2, 0.25) is 0 Å². The van der Waals surface area contributed by atoms with E-state index in [1.807, 2.05) is 54.6 Å². The molecule has 0 spiro atoms. The molecule has 0 aliphatic rings. The van der Waals surface area contributed by atoms with Crippen molar-refractivity contribution >= 4 is 11.6 Å². The maximum atomic E-state index is 11.9. The summed E-state index contributed by atoms with van der Waals surface area (Å²) < 4.78 is 0. The van der Waals surface area contributed by atoms with Crippen molar-refractivity contribution < 1.29 is 4.79 Å². The molecule has 5 N–H and O–H groups in total. The number of aryl methyl sites for hydroxylation is 1. The van der Waals surface area contributed by atoms with Crippen LogP contribution in [0.5, 0.6) is 0 Å². The summed E-state index contributed by atoms with van der Waals surface area (Å²) in [5, 5.41) is 2.85. The molecule has 0 fully saturated rings. The zero-order valence-electron chi connectivity index (χ0n) is 12.0. The first-order valence-corrected chi connectivity index (χ1v) is 7.07. The van der Waals surface area contributed by atoms with Gasteiger partial charge < -0.3 is 16.8 Å². The maximum Gasteiger partial charge on any atom is 0.237 e. The number of nitrogens with one attached hydrogen (secondary N) is 1. The van der Waals surface area contributed by atoms with Crippen molar-refractivity contribution in [2.24, 2.45) is 5.73 Å². The zero-order valence-corrected chi connectivity index (χ0v) is 12.0. The summed E-state index contributed by atoms with van der Waals surface area (Å²) in [6, 6.07) is 17.0. The zero-order chi connectivity index (χ0) is 15.1. The van der Waals surface area contributed by atoms with E-state index in [2.05, 4.69) is 5.32 Å². The largest absolute Gasteiger partial charge is 0.399 e. The maximum absolute atomic E-state index is 11.9. The molecule has 0 aliphatic carbocycles. The number of nitrogen functional groups attached to an aromatic ring is 1. The van der Waals surface area contributed by atoms with Crippen LogP contribution < -0.4 is 16.8 Å². The fourth-order valence-corrected chi connectivity index (χ4v) is 2.05. The summed E-state index contributed by atoms with van der Waals surface area (Å²) in [5.41, 5.74) is 14.5. The number of hydrogen-bond donors (Lipinski definition) is 3. The molecule has 2 aromatic rings. The van der Waals surface area contributed by atoms with E-state index in [-0.39, 0.29) is 5.91 Å². The van der Waals surface area contributed by atoms with Crippen molar-refractivity contribution in [3.05, 3.63) is 65.7 Å². The van der Waals surface area contributed by atoms with Crippen molar-refractivity contribution in [3.8, 4) is 0 Å². The molecule has 0 aliphatic heterocycles. The Morgan fingerprint density at radius 3 is 2.33 bits per heavy atom. The SMILES string of the molecule is Nc1ccc(CNC(=O)[C@@H](N)CCc2ccccc2)cc1. The molecule has 1 atom stereocenters. The Labute approximate surface area is 125 Å². The highest BCUT2D eigenvalue weighted by molar-refractivity contribution is 5.81. The highest BCUT2D eigenvalue weighted by Gasteiger charge is 2.12. The molecule has 0 aromatic heterocycles. The van der Waals surface area contributed by atoms with Crippen LogP contribution in [0, 0.1) is 0 Å². The first-order valence-electron chi connectivity index (χ1n) is 7.07. The van der Waals surface area contributed by atoms with Gasteiger partial charge in [0, 0.05) is 12.2 Å². The monoisotopic (exact) mass is 283 g/mol. The minimum Gasteiger partial charge on any atom is -0.399 e. The molecule has 1 amide bonds. The molecule has 0 heterocycles. The Morgan fingerprint density at radius 1 is 1.00 bits per heavy atom. The van der Waals surface area contributed by atoms with Crippen molar-refractivity contribution in [1.82, 2.24) is 5.32 Å². The van der Waals surface area contributed by atoms with Gasteiger partial charge in [0.1, 0.15) is 0 Å². The number of anilines is 1. The fourth-order valence-electron chi connectivity index (χ4n) is 2.05. The van der Waals surface area contributed by atoms with Crippen molar-refractivity contribution in [3.63, 3.8) is 0 Å². The van der Waals surface area contributed by atoms with Crippen LogP contribution in [0.4, 0.5) is 5.69 Å². The summed E-state index contributed by atoms with van der Waals surface area (Å²) in [4.78, 5) is 11.9. The third-order valence-corrected chi connectivity index (χ3v) is 3.37. The van der Waals surface area contributed by atoms with Gasteiger partial charge >= 0.3 is 0 Å². The topological polar surface area (TPSA) is 81.1 Å². The van der Waals surface area contributed by atoms with Crippen LogP contribution in [-0.4, -0.2) is 11.9 Å². The Kier molecular flexibility index (Phi) is 5.35. The van der Waals surface area contributed by atoms with E-state index < -0.39 is 6.04 Å². The summed E-state index contributed by atoms with van der Waals surface area (Å²) >= 11 is 0. The van der Waals surface area contributed by atoms with Crippen LogP contribution in [0.15, 0.2) is 54.6 Å². The molecule has 21 heavy (non-hydrogen) atoms. The number of hydrogen-bond acceptors (Lipinski definition) is 3. The van der Waals surface area contributed by atoms with Gasteiger partial charge in [0.2, 0.25) is 5.91 Å². The fraction of sp³-hybridized carbons (Fsp3) is 0.235. The quantitative estimate of drug-likeness (QED) is 0.708. The van der Waals surface area contributed by atoms with E-state index >= 15 is 0 Å². The number of rotatable bonds is 6. The van der Waals surface area contributed by atoms with E-state index in [4.69, 9.17) is 11.5 Å². The van der Waals surface area contributed by atoms with Crippen molar-refractivity contribution in [1.29, 1.82) is 0 Å². The predicted molar refractivity (Wildman–Crippen MR) is 85.4 cm³/mol. The van der Waals surface area contributed by atoms with Gasteiger partial charge in [-0.3, -0.25) is 4.79 Å². The van der Waals surface area contributed by atoms with Gasteiger partial charge in [-0.05, 0) is 36.1 Å². The molecule has 2 rings (SSSR count). The number of amides is 1. The summed E-state index contributed by atoms with van der Waals surface area (Å²) in [6.07, 6.45) is 1.44. The van der Waals surface area contributed by atoms with Crippen LogP contribution in [0.3, 0.4) is 0 Å². The highest BCUT2D eigenvalue weighted by atomic mass is 16.2. The smallest absolute Gasteiger partial charge is 0.237 e. The molecule has 0 bridgehead atoms. The van der Waals surface area contributed by atoms with Crippen LogP contribution in [0.25, 0.3) is 0 Å². The third kappa shape index (κ3) is 4.93. The van der Waals surface area contributed by atoms with E-state index in [0.717, 1.165) is 12.0 Å². The van der Waals surface area contributed by atoms with Crippen LogP contribution in [0.1, 0.15) is 17.5 Å². The van der Waals surface area contributed by atoms with Gasteiger partial charge in [-0.2, -0.15) is 0 Å². The minimum atomic E-state index is -0.487. The van der Waals surface area contributed by atoms with Gasteiger partial charge in [0.05, 0.1) is 6.04 Å². The highest BCUT2D eigenvalue weighted by Crippen LogP contribution is 2.06. The molecule has 2 aromatic carbocycles. The van der Waals surface area contributed by atoms with Gasteiger partial charge in [-0.1, -0.05) is 42.5 Å². The first-order chi connectivity index (χ1) is 10.1. The number of carbonyl (C=O) groups is 1. The second kappa shape index (κ2) is 7.45. The molecule has 4 heteroatoms. The lowest BCUT2D eigenvalue weighted by atomic mass is 10.1. The molecule has 0 saturated heterocycles. The summed E-state index contributed by atoms with van der Waals surface area (Å²) in [7, 11) is 0. The number of carbonyl (C=O) groups excluding carboxylic acids is 1. The van der Waals surface area contributed by atoms with Gasteiger partial charge in [0.15, 0.2) is 0 Å². The third-order valence-electron chi connectivity index (χ3n) is 3.37. The van der Waals surface area contributed by atoms with Crippen LogP contribution >= 0.6 is 0 Å². The lowest BCUT2D eigenvalue weighted by Crippen LogP contribution is -2.40. The van der Waals surface area contributed by atoms with E-state index in [9.17, 15) is 4.79 Å². The van der Waals surface area contributed by atoms with Gasteiger partial charge in [-0.15, -0.1) is 0 Å². The molecule has 0 unspecified atom stereocenters. The Morgan fingerprint density at radius 2 is 1.67 bits per heavy atom. The Balaban J connectivity index is 1.76. The summed E-state index contributed by atoms with van der Waals surface area (Å²) in [5.74, 6) is -0.122. The Bertz CT molecular complexity index is 566. The number of benzene rings is 2. The normalized spacial score (nSPS) is 11.9. The Hall–Kier alpha value is -2.33. The molecular formula is C17H21N3O. The standard InChI is InChI=1S/C17H21N3O/c18-15-9-6-14(7-10-15)12-20-17(21)16(19)11-8-13-4-2-1-3-5-13/h1-7,9-10,16H,8,11-12,18-19H2,(H,20,21)/t16-/m0/s1. The van der Waals surface area contributed by atoms with E-state index in [1.165, 1.54) is 5.56 Å². The lowest BCUT2D eigenvalue weighted by Gasteiger charge is -2.12. The molecule has 4 nitrogen and oxygen atoms in total. The second-order valence-corrected chi connectivity index (χ2v) is 5.09. The van der Waals surface area contributed by atoms with Gasteiger partial charge in [-0.25, -0.2) is 0 Å². The van der Waals surface area contributed by atoms with Gasteiger partial charge in [0.25, 0.3) is 0 Å². The van der Waals surface area contributed by atoms with E-state index in [1.54, 1.807) is 0 Å².